The molecule has 3 heterocycles. The molecule has 0 fully saturated rings. The molecule has 3 aromatic heterocycles. The topological polar surface area (TPSA) is 105 Å². The van der Waals surface area contributed by atoms with E-state index in [1.54, 1.807) is 12.1 Å². The van der Waals surface area contributed by atoms with E-state index in [1.165, 1.54) is 16.8 Å². The molecule has 0 unspecified atom stereocenters. The predicted molar refractivity (Wildman–Crippen MR) is 115 cm³/mol. The summed E-state index contributed by atoms with van der Waals surface area (Å²) >= 11 is 0. The van der Waals surface area contributed by atoms with E-state index in [-0.39, 0.29) is 17.5 Å². The van der Waals surface area contributed by atoms with Crippen LogP contribution in [-0.2, 0) is 4.79 Å². The molecule has 1 amide bonds. The number of rotatable bonds is 5. The minimum Gasteiger partial charge on any atom is -0.461 e. The molecule has 0 aliphatic rings. The number of benzene rings is 2. The fraction of sp³-hybridized carbons (Fsp3) is 0.0435. The number of hydrogen-bond acceptors (Lipinski definition) is 5. The summed E-state index contributed by atoms with van der Waals surface area (Å²) in [6, 6.07) is 23.6. The zero-order chi connectivity index (χ0) is 21.2. The maximum atomic E-state index is 13.4. The number of aromatic amines is 1. The Morgan fingerprint density at radius 3 is 2.26 bits per heavy atom. The van der Waals surface area contributed by atoms with Crippen LogP contribution < -0.4 is 10.9 Å². The van der Waals surface area contributed by atoms with Crippen molar-refractivity contribution in [3.63, 3.8) is 0 Å². The van der Waals surface area contributed by atoms with Gasteiger partial charge in [0.2, 0.25) is 17.5 Å². The highest BCUT2D eigenvalue weighted by Crippen LogP contribution is 2.26. The fourth-order valence-electron chi connectivity index (χ4n) is 3.48. The summed E-state index contributed by atoms with van der Waals surface area (Å²) in [7, 11) is 0. The number of anilines is 1. The van der Waals surface area contributed by atoms with Crippen molar-refractivity contribution >= 4 is 17.5 Å². The Morgan fingerprint density at radius 1 is 0.968 bits per heavy atom. The standard InChI is InChI=1S/C23H17N5O3/c29-19-14-18(28-23(25-19)26-21(27-28)17-12-7-13-31-17)24-22(30)20(15-8-3-1-4-9-15)16-10-5-2-6-11-16/h1-14,20H,(H,24,30)(H,25,26,27,29). The number of fused-ring (bicyclic) bond motifs is 1. The van der Waals surface area contributed by atoms with Gasteiger partial charge in [0.05, 0.1) is 12.2 Å². The molecule has 0 bridgehead atoms. The van der Waals surface area contributed by atoms with Crippen LogP contribution in [0, 0.1) is 0 Å². The van der Waals surface area contributed by atoms with Crippen molar-refractivity contribution in [3.05, 3.63) is 107 Å². The van der Waals surface area contributed by atoms with Gasteiger partial charge >= 0.3 is 0 Å². The number of nitrogens with zero attached hydrogens (tertiary/aromatic N) is 3. The van der Waals surface area contributed by atoms with Gasteiger partial charge in [-0.3, -0.25) is 14.6 Å². The van der Waals surface area contributed by atoms with Gasteiger partial charge in [0.25, 0.3) is 5.56 Å². The number of carbonyl (C=O) groups is 1. The van der Waals surface area contributed by atoms with Gasteiger partial charge in [-0.05, 0) is 23.3 Å². The summed E-state index contributed by atoms with van der Waals surface area (Å²) in [4.78, 5) is 32.5. The number of nitrogens with one attached hydrogen (secondary N) is 2. The van der Waals surface area contributed by atoms with Crippen LogP contribution in [0.15, 0.2) is 94.3 Å². The lowest BCUT2D eigenvalue weighted by molar-refractivity contribution is -0.116. The highest BCUT2D eigenvalue weighted by molar-refractivity contribution is 5.97. The van der Waals surface area contributed by atoms with Crippen molar-refractivity contribution < 1.29 is 9.21 Å². The monoisotopic (exact) mass is 411 g/mol. The highest BCUT2D eigenvalue weighted by atomic mass is 16.3. The molecular weight excluding hydrogens is 394 g/mol. The molecule has 0 spiro atoms. The highest BCUT2D eigenvalue weighted by Gasteiger charge is 2.24. The van der Waals surface area contributed by atoms with Crippen molar-refractivity contribution in [3.8, 4) is 11.6 Å². The maximum absolute atomic E-state index is 13.4. The largest absolute Gasteiger partial charge is 0.461 e. The Balaban J connectivity index is 1.56. The first-order valence-electron chi connectivity index (χ1n) is 9.64. The second-order valence-electron chi connectivity index (χ2n) is 6.91. The molecule has 8 nitrogen and oxygen atoms in total. The Labute approximate surface area is 176 Å². The summed E-state index contributed by atoms with van der Waals surface area (Å²) in [6.45, 7) is 0. The normalized spacial score (nSPS) is 11.1. The molecule has 5 aromatic rings. The maximum Gasteiger partial charge on any atom is 0.254 e. The Kier molecular flexibility index (Phi) is 4.64. The zero-order valence-electron chi connectivity index (χ0n) is 16.2. The van der Waals surface area contributed by atoms with Gasteiger partial charge in [-0.1, -0.05) is 60.7 Å². The summed E-state index contributed by atoms with van der Waals surface area (Å²) in [6.07, 6.45) is 1.51. The van der Waals surface area contributed by atoms with Gasteiger partial charge in [-0.15, -0.1) is 5.10 Å². The third kappa shape index (κ3) is 3.62. The second-order valence-corrected chi connectivity index (χ2v) is 6.91. The van der Waals surface area contributed by atoms with E-state index in [4.69, 9.17) is 4.42 Å². The van der Waals surface area contributed by atoms with Crippen LogP contribution in [0.2, 0.25) is 0 Å². The molecule has 5 rings (SSSR count). The molecule has 31 heavy (non-hydrogen) atoms. The van der Waals surface area contributed by atoms with Crippen molar-refractivity contribution in [2.45, 2.75) is 5.92 Å². The minimum absolute atomic E-state index is 0.199. The molecule has 152 valence electrons. The lowest BCUT2D eigenvalue weighted by Crippen LogP contribution is -2.25. The molecular formula is C23H17N5O3. The molecule has 0 saturated heterocycles. The summed E-state index contributed by atoms with van der Waals surface area (Å²) in [5, 5.41) is 7.23. The molecule has 2 N–H and O–H groups in total. The molecule has 2 aromatic carbocycles. The lowest BCUT2D eigenvalue weighted by atomic mass is 9.90. The smallest absolute Gasteiger partial charge is 0.254 e. The van der Waals surface area contributed by atoms with Crippen LogP contribution in [0.3, 0.4) is 0 Å². The van der Waals surface area contributed by atoms with Crippen molar-refractivity contribution in [1.29, 1.82) is 0 Å². The Hall–Kier alpha value is -4.46. The molecule has 0 saturated carbocycles. The van der Waals surface area contributed by atoms with E-state index >= 15 is 0 Å². The number of aromatic nitrogens is 4. The van der Waals surface area contributed by atoms with Gasteiger partial charge in [0.1, 0.15) is 5.82 Å². The van der Waals surface area contributed by atoms with Gasteiger partial charge in [0, 0.05) is 6.07 Å². The quantitative estimate of drug-likeness (QED) is 0.461. The fourth-order valence-corrected chi connectivity index (χ4v) is 3.48. The number of hydrogen-bond donors (Lipinski definition) is 2. The van der Waals surface area contributed by atoms with E-state index in [9.17, 15) is 9.59 Å². The first-order chi connectivity index (χ1) is 15.2. The summed E-state index contributed by atoms with van der Waals surface area (Å²) < 4.78 is 6.72. The third-order valence-corrected chi connectivity index (χ3v) is 4.86. The van der Waals surface area contributed by atoms with Crippen LogP contribution in [0.5, 0.6) is 0 Å². The average Bonchev–Trinajstić information content (AvgIpc) is 3.45. The first-order valence-corrected chi connectivity index (χ1v) is 9.64. The van der Waals surface area contributed by atoms with E-state index in [1.807, 2.05) is 60.7 Å². The van der Waals surface area contributed by atoms with Gasteiger partial charge in [0.15, 0.2) is 5.76 Å². The summed E-state index contributed by atoms with van der Waals surface area (Å²) in [5.74, 6) is 0.304. The summed E-state index contributed by atoms with van der Waals surface area (Å²) in [5.41, 5.74) is 1.27. The van der Waals surface area contributed by atoms with Crippen molar-refractivity contribution in [1.82, 2.24) is 19.6 Å². The van der Waals surface area contributed by atoms with Crippen LogP contribution in [0.25, 0.3) is 17.4 Å². The Morgan fingerprint density at radius 2 is 1.65 bits per heavy atom. The van der Waals surface area contributed by atoms with E-state index in [0.717, 1.165) is 11.1 Å². The van der Waals surface area contributed by atoms with E-state index in [2.05, 4.69) is 20.4 Å². The lowest BCUT2D eigenvalue weighted by Gasteiger charge is -2.18. The molecule has 0 aliphatic carbocycles. The molecule has 0 radical (unpaired) electrons. The number of furan rings is 1. The SMILES string of the molecule is O=C(Nc1cc(=O)[nH]c2nc(-c3ccco3)nn12)C(c1ccccc1)c1ccccc1. The second kappa shape index (κ2) is 7.75. The van der Waals surface area contributed by atoms with Gasteiger partial charge < -0.3 is 9.73 Å². The zero-order valence-corrected chi connectivity index (χ0v) is 16.2. The number of carbonyl (C=O) groups excluding carboxylic acids is 1. The van der Waals surface area contributed by atoms with Crippen molar-refractivity contribution in [2.75, 3.05) is 5.32 Å². The van der Waals surface area contributed by atoms with Crippen LogP contribution in [0.1, 0.15) is 17.0 Å². The van der Waals surface area contributed by atoms with E-state index in [0.29, 0.717) is 11.6 Å². The Bertz CT molecular complexity index is 1350. The molecule has 0 atom stereocenters. The van der Waals surface area contributed by atoms with Gasteiger partial charge in [-0.2, -0.15) is 9.50 Å². The van der Waals surface area contributed by atoms with Crippen LogP contribution >= 0.6 is 0 Å². The first kappa shape index (κ1) is 18.6. The molecule has 8 heteroatoms. The molecule has 0 aliphatic heterocycles. The van der Waals surface area contributed by atoms with Gasteiger partial charge in [-0.25, -0.2) is 0 Å². The van der Waals surface area contributed by atoms with E-state index < -0.39 is 11.5 Å². The number of amides is 1. The minimum atomic E-state index is -0.565. The van der Waals surface area contributed by atoms with Crippen LogP contribution in [0.4, 0.5) is 5.82 Å². The van der Waals surface area contributed by atoms with Crippen molar-refractivity contribution in [2.24, 2.45) is 0 Å². The third-order valence-electron chi connectivity index (χ3n) is 4.86. The predicted octanol–water partition coefficient (Wildman–Crippen LogP) is 3.45. The average molecular weight is 411 g/mol. The van der Waals surface area contributed by atoms with Crippen LogP contribution in [-0.4, -0.2) is 25.5 Å². The number of H-pyrrole nitrogens is 1.